The SMILES string of the molecule is COc1cc2c(c3c1cc(C)n3Cc1ccccc1)CCC2. The fraction of sp³-hybridized carbons (Fsp3) is 0.300. The van der Waals surface area contributed by atoms with Crippen molar-refractivity contribution in [3.63, 3.8) is 0 Å². The molecular weight excluding hydrogens is 270 g/mol. The van der Waals surface area contributed by atoms with Gasteiger partial charge in [0, 0.05) is 17.6 Å². The molecule has 0 N–H and O–H groups in total. The second kappa shape index (κ2) is 5.20. The molecule has 2 aromatic carbocycles. The normalized spacial score (nSPS) is 13.5. The summed E-state index contributed by atoms with van der Waals surface area (Å²) in [6, 6.07) is 15.2. The van der Waals surface area contributed by atoms with Crippen LogP contribution in [0.2, 0.25) is 0 Å². The van der Waals surface area contributed by atoms with Crippen molar-refractivity contribution in [2.24, 2.45) is 0 Å². The summed E-state index contributed by atoms with van der Waals surface area (Å²) in [7, 11) is 1.78. The molecule has 0 aliphatic heterocycles. The van der Waals surface area contributed by atoms with Gasteiger partial charge in [0.2, 0.25) is 0 Å². The van der Waals surface area contributed by atoms with Crippen molar-refractivity contribution in [2.45, 2.75) is 32.7 Å². The number of benzene rings is 2. The number of aryl methyl sites for hydroxylation is 3. The van der Waals surface area contributed by atoms with Crippen molar-refractivity contribution in [1.29, 1.82) is 0 Å². The quantitative estimate of drug-likeness (QED) is 0.693. The second-order valence-electron chi connectivity index (χ2n) is 6.19. The summed E-state index contributed by atoms with van der Waals surface area (Å²) in [4.78, 5) is 0. The summed E-state index contributed by atoms with van der Waals surface area (Å²) in [5.74, 6) is 1.02. The van der Waals surface area contributed by atoms with Gasteiger partial charge in [-0.25, -0.2) is 0 Å². The van der Waals surface area contributed by atoms with Gasteiger partial charge in [0.1, 0.15) is 5.75 Å². The maximum Gasteiger partial charge on any atom is 0.128 e. The van der Waals surface area contributed by atoms with Crippen LogP contribution in [0.3, 0.4) is 0 Å². The lowest BCUT2D eigenvalue weighted by atomic mass is 10.1. The Morgan fingerprint density at radius 3 is 2.68 bits per heavy atom. The van der Waals surface area contributed by atoms with E-state index in [2.05, 4.69) is 54.0 Å². The molecule has 0 unspecified atom stereocenters. The number of aromatic nitrogens is 1. The van der Waals surface area contributed by atoms with Gasteiger partial charge in [-0.1, -0.05) is 30.3 Å². The van der Waals surface area contributed by atoms with E-state index in [9.17, 15) is 0 Å². The zero-order chi connectivity index (χ0) is 15.1. The first kappa shape index (κ1) is 13.4. The van der Waals surface area contributed by atoms with Crippen LogP contribution in [0.1, 0.15) is 28.8 Å². The highest BCUT2D eigenvalue weighted by molar-refractivity contribution is 5.91. The van der Waals surface area contributed by atoms with E-state index in [0.29, 0.717) is 0 Å². The maximum atomic E-state index is 5.66. The Bertz CT molecular complexity index is 830. The summed E-state index contributed by atoms with van der Waals surface area (Å²) >= 11 is 0. The average Bonchev–Trinajstić information content (AvgIpc) is 3.12. The van der Waals surface area contributed by atoms with Crippen LogP contribution < -0.4 is 4.74 Å². The molecule has 0 radical (unpaired) electrons. The molecule has 2 heteroatoms. The summed E-state index contributed by atoms with van der Waals surface area (Å²) in [6.07, 6.45) is 3.62. The van der Waals surface area contributed by atoms with Gasteiger partial charge < -0.3 is 9.30 Å². The van der Waals surface area contributed by atoms with E-state index in [0.717, 1.165) is 12.3 Å². The molecule has 1 heterocycles. The molecule has 0 spiro atoms. The Morgan fingerprint density at radius 2 is 1.91 bits per heavy atom. The zero-order valence-electron chi connectivity index (χ0n) is 13.2. The summed E-state index contributed by atoms with van der Waals surface area (Å²) < 4.78 is 8.11. The van der Waals surface area contributed by atoms with E-state index in [1.165, 1.54) is 52.5 Å². The molecule has 1 aromatic heterocycles. The number of hydrogen-bond donors (Lipinski definition) is 0. The van der Waals surface area contributed by atoms with E-state index in [1.807, 2.05) is 0 Å². The van der Waals surface area contributed by atoms with Gasteiger partial charge in [-0.3, -0.25) is 0 Å². The van der Waals surface area contributed by atoms with Crippen LogP contribution in [0, 0.1) is 6.92 Å². The number of nitrogens with zero attached hydrogens (tertiary/aromatic N) is 1. The Morgan fingerprint density at radius 1 is 1.09 bits per heavy atom. The van der Waals surface area contributed by atoms with Crippen LogP contribution in [0.5, 0.6) is 5.75 Å². The molecule has 22 heavy (non-hydrogen) atoms. The third-order valence-electron chi connectivity index (χ3n) is 4.82. The maximum absolute atomic E-state index is 5.66. The van der Waals surface area contributed by atoms with E-state index >= 15 is 0 Å². The minimum Gasteiger partial charge on any atom is -0.496 e. The standard InChI is InChI=1S/C20H21NO/c1-14-11-18-19(22-2)12-16-9-6-10-17(16)20(18)21(14)13-15-7-4-3-5-8-15/h3-5,7-8,11-12H,6,9-10,13H2,1-2H3. The first-order chi connectivity index (χ1) is 10.8. The van der Waals surface area contributed by atoms with Crippen LogP contribution in [-0.4, -0.2) is 11.7 Å². The third kappa shape index (κ3) is 2.02. The largest absolute Gasteiger partial charge is 0.496 e. The Balaban J connectivity index is 1.95. The van der Waals surface area contributed by atoms with Crippen LogP contribution >= 0.6 is 0 Å². The molecule has 1 aliphatic rings. The molecular formula is C20H21NO. The fourth-order valence-corrected chi connectivity index (χ4v) is 3.76. The molecule has 112 valence electrons. The van der Waals surface area contributed by atoms with E-state index in [4.69, 9.17) is 4.74 Å². The van der Waals surface area contributed by atoms with Crippen LogP contribution in [0.25, 0.3) is 10.9 Å². The highest BCUT2D eigenvalue weighted by atomic mass is 16.5. The topological polar surface area (TPSA) is 14.2 Å². The van der Waals surface area contributed by atoms with Gasteiger partial charge in [-0.05, 0) is 55.0 Å². The van der Waals surface area contributed by atoms with Gasteiger partial charge >= 0.3 is 0 Å². The van der Waals surface area contributed by atoms with E-state index < -0.39 is 0 Å². The molecule has 0 fully saturated rings. The fourth-order valence-electron chi connectivity index (χ4n) is 3.76. The molecule has 1 aliphatic carbocycles. The zero-order valence-corrected chi connectivity index (χ0v) is 13.2. The van der Waals surface area contributed by atoms with Crippen molar-refractivity contribution < 1.29 is 4.74 Å². The predicted octanol–water partition coefficient (Wildman–Crippen LogP) is 4.50. The number of methoxy groups -OCH3 is 1. The molecule has 0 amide bonds. The van der Waals surface area contributed by atoms with Gasteiger partial charge in [0.25, 0.3) is 0 Å². The monoisotopic (exact) mass is 291 g/mol. The Hall–Kier alpha value is -2.22. The van der Waals surface area contributed by atoms with Crippen LogP contribution in [0.4, 0.5) is 0 Å². The lowest BCUT2D eigenvalue weighted by Crippen LogP contribution is -2.03. The summed E-state index contributed by atoms with van der Waals surface area (Å²) in [5.41, 5.74) is 7.03. The average molecular weight is 291 g/mol. The smallest absolute Gasteiger partial charge is 0.128 e. The summed E-state index contributed by atoms with van der Waals surface area (Å²) in [6.45, 7) is 3.12. The summed E-state index contributed by atoms with van der Waals surface area (Å²) in [5, 5.41) is 1.26. The molecule has 2 nitrogen and oxygen atoms in total. The first-order valence-electron chi connectivity index (χ1n) is 8.00. The lowest BCUT2D eigenvalue weighted by molar-refractivity contribution is 0.419. The van der Waals surface area contributed by atoms with Crippen molar-refractivity contribution in [1.82, 2.24) is 4.57 Å². The van der Waals surface area contributed by atoms with Crippen molar-refractivity contribution >= 4 is 10.9 Å². The highest BCUT2D eigenvalue weighted by Gasteiger charge is 2.21. The Labute approximate surface area is 131 Å². The highest BCUT2D eigenvalue weighted by Crippen LogP contribution is 2.38. The minimum atomic E-state index is 0.926. The first-order valence-corrected chi connectivity index (χ1v) is 8.00. The molecule has 4 rings (SSSR count). The van der Waals surface area contributed by atoms with Crippen molar-refractivity contribution in [3.8, 4) is 5.75 Å². The van der Waals surface area contributed by atoms with Crippen molar-refractivity contribution in [2.75, 3.05) is 7.11 Å². The molecule has 0 bridgehead atoms. The second-order valence-corrected chi connectivity index (χ2v) is 6.19. The van der Waals surface area contributed by atoms with E-state index in [1.54, 1.807) is 7.11 Å². The predicted molar refractivity (Wildman–Crippen MR) is 90.8 cm³/mol. The van der Waals surface area contributed by atoms with Gasteiger partial charge in [-0.2, -0.15) is 0 Å². The molecule has 0 saturated carbocycles. The van der Waals surface area contributed by atoms with Crippen molar-refractivity contribution in [3.05, 3.63) is 64.8 Å². The lowest BCUT2D eigenvalue weighted by Gasteiger charge is -2.13. The minimum absolute atomic E-state index is 0.926. The number of fused-ring (bicyclic) bond motifs is 3. The van der Waals surface area contributed by atoms with E-state index in [-0.39, 0.29) is 0 Å². The molecule has 3 aromatic rings. The number of rotatable bonds is 3. The number of ether oxygens (including phenoxy) is 1. The van der Waals surface area contributed by atoms with Gasteiger partial charge in [0.05, 0.1) is 12.6 Å². The Kier molecular flexibility index (Phi) is 3.18. The van der Waals surface area contributed by atoms with Crippen LogP contribution in [0.15, 0.2) is 42.5 Å². The van der Waals surface area contributed by atoms with Crippen LogP contribution in [-0.2, 0) is 19.4 Å². The van der Waals surface area contributed by atoms with Gasteiger partial charge in [0.15, 0.2) is 0 Å². The number of hydrogen-bond acceptors (Lipinski definition) is 1. The molecule has 0 saturated heterocycles. The molecule has 0 atom stereocenters. The third-order valence-corrected chi connectivity index (χ3v) is 4.82. The van der Waals surface area contributed by atoms with Gasteiger partial charge in [-0.15, -0.1) is 0 Å².